The Labute approximate surface area is 164 Å². The summed E-state index contributed by atoms with van der Waals surface area (Å²) in [5, 5.41) is 0. The molecule has 5 heteroatoms. The maximum absolute atomic E-state index is 13.5. The van der Waals surface area contributed by atoms with E-state index in [1.54, 1.807) is 36.3 Å². The fourth-order valence-electron chi connectivity index (χ4n) is 3.14. The number of benzene rings is 2. The van der Waals surface area contributed by atoms with Gasteiger partial charge in [-0.3, -0.25) is 4.79 Å². The topological polar surface area (TPSA) is 34.5 Å². The summed E-state index contributed by atoms with van der Waals surface area (Å²) in [5.41, 5.74) is 2.33. The summed E-state index contributed by atoms with van der Waals surface area (Å²) in [6.07, 6.45) is 3.63. The van der Waals surface area contributed by atoms with E-state index >= 15 is 0 Å². The van der Waals surface area contributed by atoms with E-state index in [9.17, 15) is 9.18 Å². The van der Waals surface area contributed by atoms with Crippen molar-refractivity contribution in [3.63, 3.8) is 0 Å². The minimum absolute atomic E-state index is 0.129. The number of carbonyl (C=O) groups excluding carboxylic acids is 1. The van der Waals surface area contributed by atoms with E-state index in [1.165, 1.54) is 12.1 Å². The van der Waals surface area contributed by atoms with Gasteiger partial charge in [-0.25, -0.2) is 4.39 Å². The van der Waals surface area contributed by atoms with Crippen molar-refractivity contribution in [2.45, 2.75) is 13.1 Å². The molecule has 0 unspecified atom stereocenters. The molecule has 0 radical (unpaired) electrons. The van der Waals surface area contributed by atoms with Crippen molar-refractivity contribution in [3.05, 3.63) is 102 Å². The summed E-state index contributed by atoms with van der Waals surface area (Å²) in [6, 6.07) is 17.6. The Balaban J connectivity index is 1.83. The molecule has 1 amide bonds. The van der Waals surface area contributed by atoms with Crippen LogP contribution in [0.4, 0.5) is 4.39 Å². The van der Waals surface area contributed by atoms with E-state index in [2.05, 4.69) is 6.58 Å². The van der Waals surface area contributed by atoms with Crippen molar-refractivity contribution >= 4 is 5.91 Å². The molecule has 1 heterocycles. The van der Waals surface area contributed by atoms with Gasteiger partial charge >= 0.3 is 0 Å². The van der Waals surface area contributed by atoms with E-state index in [1.807, 2.05) is 41.1 Å². The Morgan fingerprint density at radius 2 is 2.00 bits per heavy atom. The second-order valence-corrected chi connectivity index (χ2v) is 6.43. The van der Waals surface area contributed by atoms with Crippen LogP contribution in [0.3, 0.4) is 0 Å². The molecule has 3 rings (SSSR count). The van der Waals surface area contributed by atoms with Gasteiger partial charge < -0.3 is 14.2 Å². The maximum Gasteiger partial charge on any atom is 0.258 e. The summed E-state index contributed by atoms with van der Waals surface area (Å²) in [5.74, 6) is 0.151. The summed E-state index contributed by atoms with van der Waals surface area (Å²) in [4.78, 5) is 14.8. The number of rotatable bonds is 8. The molecular formula is C23H23FN2O2. The Morgan fingerprint density at radius 1 is 1.18 bits per heavy atom. The Bertz CT molecular complexity index is 964. The maximum atomic E-state index is 13.5. The lowest BCUT2D eigenvalue weighted by atomic mass is 10.1. The lowest BCUT2D eigenvalue weighted by Crippen LogP contribution is -2.32. The van der Waals surface area contributed by atoms with Crippen LogP contribution in [0.25, 0.3) is 0 Å². The van der Waals surface area contributed by atoms with Gasteiger partial charge in [-0.05, 0) is 42.0 Å². The van der Waals surface area contributed by atoms with Crippen LogP contribution >= 0.6 is 0 Å². The molecule has 0 aliphatic carbocycles. The molecule has 0 atom stereocenters. The number of methoxy groups -OCH3 is 1. The first-order valence-electron chi connectivity index (χ1n) is 9.04. The molecule has 4 nitrogen and oxygen atoms in total. The minimum atomic E-state index is -0.258. The minimum Gasteiger partial charge on any atom is -0.496 e. The quantitative estimate of drug-likeness (QED) is 0.541. The zero-order valence-electron chi connectivity index (χ0n) is 15.8. The van der Waals surface area contributed by atoms with Crippen LogP contribution in [0, 0.1) is 5.82 Å². The van der Waals surface area contributed by atoms with Crippen molar-refractivity contribution in [3.8, 4) is 5.75 Å². The average molecular weight is 378 g/mol. The average Bonchev–Trinajstić information content (AvgIpc) is 3.13. The molecule has 0 saturated heterocycles. The first-order valence-corrected chi connectivity index (χ1v) is 9.04. The lowest BCUT2D eigenvalue weighted by Gasteiger charge is -2.23. The largest absolute Gasteiger partial charge is 0.496 e. The summed E-state index contributed by atoms with van der Waals surface area (Å²) in [6.45, 7) is 5.12. The molecule has 2 aromatic carbocycles. The van der Waals surface area contributed by atoms with Gasteiger partial charge in [0.05, 0.1) is 19.2 Å². The monoisotopic (exact) mass is 378 g/mol. The molecule has 0 aliphatic heterocycles. The molecule has 0 spiro atoms. The van der Waals surface area contributed by atoms with Crippen molar-refractivity contribution in [1.82, 2.24) is 9.47 Å². The van der Waals surface area contributed by atoms with Crippen LogP contribution in [0.5, 0.6) is 5.75 Å². The van der Waals surface area contributed by atoms with Crippen LogP contribution in [0.15, 0.2) is 79.5 Å². The molecule has 144 valence electrons. The Morgan fingerprint density at radius 3 is 2.75 bits per heavy atom. The van der Waals surface area contributed by atoms with Gasteiger partial charge in [-0.1, -0.05) is 30.3 Å². The Hall–Kier alpha value is -3.34. The highest BCUT2D eigenvalue weighted by molar-refractivity contribution is 5.97. The molecular weight excluding hydrogens is 355 g/mol. The number of amides is 1. The predicted molar refractivity (Wildman–Crippen MR) is 108 cm³/mol. The fourth-order valence-corrected chi connectivity index (χ4v) is 3.14. The normalized spacial score (nSPS) is 10.5. The number of aromatic nitrogens is 1. The van der Waals surface area contributed by atoms with Gasteiger partial charge in [0.1, 0.15) is 11.6 Å². The number of para-hydroxylation sites is 1. The first-order chi connectivity index (χ1) is 13.6. The number of carbonyl (C=O) groups is 1. The van der Waals surface area contributed by atoms with Gasteiger partial charge in [-0.2, -0.15) is 0 Å². The van der Waals surface area contributed by atoms with E-state index in [4.69, 9.17) is 4.74 Å². The zero-order chi connectivity index (χ0) is 19.9. The molecule has 28 heavy (non-hydrogen) atoms. The third-order valence-electron chi connectivity index (χ3n) is 4.49. The highest BCUT2D eigenvalue weighted by Crippen LogP contribution is 2.21. The van der Waals surface area contributed by atoms with Gasteiger partial charge in [0, 0.05) is 25.0 Å². The number of halogens is 1. The van der Waals surface area contributed by atoms with Crippen molar-refractivity contribution in [2.75, 3.05) is 13.7 Å². The number of hydrogen-bond acceptors (Lipinski definition) is 2. The van der Waals surface area contributed by atoms with Crippen LogP contribution in [-0.2, 0) is 13.1 Å². The molecule has 0 N–H and O–H groups in total. The van der Waals surface area contributed by atoms with Gasteiger partial charge in [0.15, 0.2) is 0 Å². The predicted octanol–water partition coefficient (Wildman–Crippen LogP) is 4.51. The molecule has 0 bridgehead atoms. The number of nitrogens with zero attached hydrogens (tertiary/aromatic N) is 2. The second-order valence-electron chi connectivity index (χ2n) is 6.43. The van der Waals surface area contributed by atoms with Crippen LogP contribution < -0.4 is 4.74 Å². The molecule has 0 aliphatic rings. The SMILES string of the molecule is C=CCN(Cc1cccn1Cc1cccc(F)c1)C(=O)c1ccccc1OC. The fraction of sp³-hybridized carbons (Fsp3) is 0.174. The van der Waals surface area contributed by atoms with E-state index in [0.29, 0.717) is 30.9 Å². The van der Waals surface area contributed by atoms with Gasteiger partial charge in [0.2, 0.25) is 0 Å². The molecule has 0 fully saturated rings. The van der Waals surface area contributed by atoms with E-state index < -0.39 is 0 Å². The zero-order valence-corrected chi connectivity index (χ0v) is 15.8. The third kappa shape index (κ3) is 4.49. The summed E-state index contributed by atoms with van der Waals surface area (Å²) in [7, 11) is 1.55. The second kappa shape index (κ2) is 9.04. The van der Waals surface area contributed by atoms with Crippen molar-refractivity contribution in [2.24, 2.45) is 0 Å². The van der Waals surface area contributed by atoms with Gasteiger partial charge in [0.25, 0.3) is 5.91 Å². The first kappa shape index (κ1) is 19.4. The Kier molecular flexibility index (Phi) is 6.27. The summed E-state index contributed by atoms with van der Waals surface area (Å²) >= 11 is 0. The molecule has 3 aromatic rings. The van der Waals surface area contributed by atoms with Gasteiger partial charge in [-0.15, -0.1) is 6.58 Å². The molecule has 0 saturated carbocycles. The smallest absolute Gasteiger partial charge is 0.258 e. The lowest BCUT2D eigenvalue weighted by molar-refractivity contribution is 0.0756. The number of hydrogen-bond donors (Lipinski definition) is 0. The standard InChI is InChI=1S/C23H23FN2O2/c1-3-13-26(23(27)21-11-4-5-12-22(21)28-2)17-20-10-7-14-25(20)16-18-8-6-9-19(24)15-18/h3-12,14-15H,1,13,16-17H2,2H3. The highest BCUT2D eigenvalue weighted by Gasteiger charge is 2.19. The van der Waals surface area contributed by atoms with Crippen molar-refractivity contribution < 1.29 is 13.9 Å². The number of ether oxygens (including phenoxy) is 1. The molecule has 1 aromatic heterocycles. The highest BCUT2D eigenvalue weighted by atomic mass is 19.1. The van der Waals surface area contributed by atoms with E-state index in [-0.39, 0.29) is 11.7 Å². The summed E-state index contributed by atoms with van der Waals surface area (Å²) < 4.78 is 20.8. The van der Waals surface area contributed by atoms with Crippen molar-refractivity contribution in [1.29, 1.82) is 0 Å². The van der Waals surface area contributed by atoms with Crippen LogP contribution in [0.2, 0.25) is 0 Å². The third-order valence-corrected chi connectivity index (χ3v) is 4.49. The van der Waals surface area contributed by atoms with E-state index in [0.717, 1.165) is 11.3 Å². The van der Waals surface area contributed by atoms with Crippen LogP contribution in [0.1, 0.15) is 21.6 Å². The van der Waals surface area contributed by atoms with Crippen LogP contribution in [-0.4, -0.2) is 29.0 Å².